The van der Waals surface area contributed by atoms with Crippen LogP contribution in [-0.2, 0) is 4.79 Å². The van der Waals surface area contributed by atoms with Gasteiger partial charge in [0.05, 0.1) is 6.04 Å². The topological polar surface area (TPSA) is 84.1 Å². The average Bonchev–Trinajstić information content (AvgIpc) is 2.47. The maximum Gasteiger partial charge on any atom is 0.237 e. The van der Waals surface area contributed by atoms with Crippen LogP contribution >= 0.6 is 24.8 Å². The molecule has 1 amide bonds. The van der Waals surface area contributed by atoms with Crippen molar-refractivity contribution in [2.24, 2.45) is 11.7 Å². The van der Waals surface area contributed by atoms with Crippen molar-refractivity contribution in [3.05, 3.63) is 18.5 Å². The molecule has 0 spiro atoms. The number of amides is 1. The van der Waals surface area contributed by atoms with E-state index < -0.39 is 6.04 Å². The minimum Gasteiger partial charge on any atom is -0.350 e. The monoisotopic (exact) mass is 349 g/mol. The standard InChI is InChI=1S/C14H23N5O.2ClH/c1-10(2)12(15)13(20)18-11-5-3-8-19(9-11)14-16-6-4-7-17-14;;/h4,6-7,10-12H,3,5,8-9,15H2,1-2H3,(H,18,20);2*1H. The van der Waals surface area contributed by atoms with Gasteiger partial charge in [-0.1, -0.05) is 13.8 Å². The van der Waals surface area contributed by atoms with Gasteiger partial charge in [0.2, 0.25) is 11.9 Å². The number of rotatable bonds is 4. The minimum atomic E-state index is -0.446. The number of carbonyl (C=O) groups excluding carboxylic acids is 1. The lowest BCUT2D eigenvalue weighted by Crippen LogP contribution is -2.53. The van der Waals surface area contributed by atoms with E-state index in [2.05, 4.69) is 20.2 Å². The molecule has 0 radical (unpaired) electrons. The number of halogens is 2. The van der Waals surface area contributed by atoms with Crippen LogP contribution < -0.4 is 16.0 Å². The van der Waals surface area contributed by atoms with E-state index in [-0.39, 0.29) is 42.7 Å². The molecule has 3 N–H and O–H groups in total. The van der Waals surface area contributed by atoms with Crippen LogP contribution in [0.15, 0.2) is 18.5 Å². The molecule has 1 aromatic rings. The Morgan fingerprint density at radius 2 is 2.00 bits per heavy atom. The van der Waals surface area contributed by atoms with E-state index in [1.54, 1.807) is 18.5 Å². The minimum absolute atomic E-state index is 0. The summed E-state index contributed by atoms with van der Waals surface area (Å²) in [5.41, 5.74) is 5.87. The zero-order valence-electron chi connectivity index (χ0n) is 12.9. The second-order valence-electron chi connectivity index (χ2n) is 5.61. The van der Waals surface area contributed by atoms with Gasteiger partial charge < -0.3 is 16.0 Å². The fraction of sp³-hybridized carbons (Fsp3) is 0.643. The summed E-state index contributed by atoms with van der Waals surface area (Å²) in [5, 5.41) is 3.04. The molecule has 1 aliphatic heterocycles. The van der Waals surface area contributed by atoms with E-state index in [4.69, 9.17) is 5.73 Å². The van der Waals surface area contributed by atoms with E-state index in [0.29, 0.717) is 0 Å². The fourth-order valence-electron chi connectivity index (χ4n) is 2.33. The first-order valence-electron chi connectivity index (χ1n) is 7.16. The zero-order valence-corrected chi connectivity index (χ0v) is 14.6. The van der Waals surface area contributed by atoms with Gasteiger partial charge in [0.15, 0.2) is 0 Å². The van der Waals surface area contributed by atoms with E-state index >= 15 is 0 Å². The fourth-order valence-corrected chi connectivity index (χ4v) is 2.33. The van der Waals surface area contributed by atoms with Gasteiger partial charge in [-0.25, -0.2) is 9.97 Å². The number of nitrogens with two attached hydrogens (primary N) is 1. The van der Waals surface area contributed by atoms with E-state index in [9.17, 15) is 4.79 Å². The highest BCUT2D eigenvalue weighted by Crippen LogP contribution is 2.15. The van der Waals surface area contributed by atoms with Crippen molar-refractivity contribution < 1.29 is 4.79 Å². The maximum atomic E-state index is 12.0. The Labute approximate surface area is 144 Å². The van der Waals surface area contributed by atoms with Crippen LogP contribution in [0.3, 0.4) is 0 Å². The lowest BCUT2D eigenvalue weighted by atomic mass is 10.0. The van der Waals surface area contributed by atoms with Gasteiger partial charge in [-0.05, 0) is 24.8 Å². The molecule has 1 aliphatic rings. The highest BCUT2D eigenvalue weighted by molar-refractivity contribution is 5.85. The number of hydrogen-bond acceptors (Lipinski definition) is 5. The molecule has 1 fully saturated rings. The predicted molar refractivity (Wildman–Crippen MR) is 92.7 cm³/mol. The molecular weight excluding hydrogens is 325 g/mol. The molecule has 6 nitrogen and oxygen atoms in total. The summed E-state index contributed by atoms with van der Waals surface area (Å²) in [4.78, 5) is 22.6. The smallest absolute Gasteiger partial charge is 0.237 e. The first kappa shape index (κ1) is 20.9. The third-order valence-electron chi connectivity index (χ3n) is 3.62. The summed E-state index contributed by atoms with van der Waals surface area (Å²) >= 11 is 0. The molecule has 2 atom stereocenters. The molecule has 126 valence electrons. The van der Waals surface area contributed by atoms with Crippen LogP contribution in [0.5, 0.6) is 0 Å². The van der Waals surface area contributed by atoms with Gasteiger partial charge in [0, 0.05) is 31.5 Å². The van der Waals surface area contributed by atoms with E-state index in [1.807, 2.05) is 13.8 Å². The molecule has 0 aromatic carbocycles. The van der Waals surface area contributed by atoms with Crippen LogP contribution in [0.1, 0.15) is 26.7 Å². The summed E-state index contributed by atoms with van der Waals surface area (Å²) in [7, 11) is 0. The zero-order chi connectivity index (χ0) is 14.5. The molecule has 8 heteroatoms. The van der Waals surface area contributed by atoms with Crippen molar-refractivity contribution in [1.82, 2.24) is 15.3 Å². The van der Waals surface area contributed by atoms with Crippen molar-refractivity contribution in [2.75, 3.05) is 18.0 Å². The summed E-state index contributed by atoms with van der Waals surface area (Å²) in [6.45, 7) is 5.57. The number of aromatic nitrogens is 2. The lowest BCUT2D eigenvalue weighted by molar-refractivity contribution is -0.124. The summed E-state index contributed by atoms with van der Waals surface area (Å²) < 4.78 is 0. The van der Waals surface area contributed by atoms with Gasteiger partial charge >= 0.3 is 0 Å². The first-order chi connectivity index (χ1) is 9.58. The second kappa shape index (κ2) is 9.82. The van der Waals surface area contributed by atoms with Gasteiger partial charge in [-0.2, -0.15) is 0 Å². The molecule has 1 aromatic heterocycles. The molecular formula is C14H25Cl2N5O. The number of piperidine rings is 1. The Hall–Kier alpha value is -1.11. The highest BCUT2D eigenvalue weighted by atomic mass is 35.5. The van der Waals surface area contributed by atoms with Crippen LogP contribution in [0.4, 0.5) is 5.95 Å². The summed E-state index contributed by atoms with van der Waals surface area (Å²) in [6, 6.07) is 1.47. The number of carbonyl (C=O) groups is 1. The number of anilines is 1. The van der Waals surface area contributed by atoms with Crippen molar-refractivity contribution in [2.45, 2.75) is 38.8 Å². The van der Waals surface area contributed by atoms with Gasteiger partial charge in [-0.15, -0.1) is 24.8 Å². The third-order valence-corrected chi connectivity index (χ3v) is 3.62. The molecule has 2 heterocycles. The normalized spacial score (nSPS) is 18.9. The Kier molecular flexibility index (Phi) is 9.32. The molecule has 0 aliphatic carbocycles. The van der Waals surface area contributed by atoms with Crippen LogP contribution in [0, 0.1) is 5.92 Å². The molecule has 1 saturated heterocycles. The second-order valence-corrected chi connectivity index (χ2v) is 5.61. The van der Waals surface area contributed by atoms with Crippen molar-refractivity contribution in [1.29, 1.82) is 0 Å². The summed E-state index contributed by atoms with van der Waals surface area (Å²) in [6.07, 6.45) is 5.46. The lowest BCUT2D eigenvalue weighted by Gasteiger charge is -2.33. The number of hydrogen-bond donors (Lipinski definition) is 2. The predicted octanol–water partition coefficient (Wildman–Crippen LogP) is 1.39. The van der Waals surface area contributed by atoms with Crippen LogP contribution in [0.25, 0.3) is 0 Å². The van der Waals surface area contributed by atoms with E-state index in [1.165, 1.54) is 0 Å². The van der Waals surface area contributed by atoms with E-state index in [0.717, 1.165) is 31.9 Å². The molecule has 0 bridgehead atoms. The van der Waals surface area contributed by atoms with Crippen molar-refractivity contribution in [3.8, 4) is 0 Å². The Balaban J connectivity index is 0.00000220. The number of nitrogens with one attached hydrogen (secondary N) is 1. The molecule has 2 rings (SSSR count). The molecule has 0 saturated carbocycles. The summed E-state index contributed by atoms with van der Waals surface area (Å²) in [5.74, 6) is 0.799. The maximum absolute atomic E-state index is 12.0. The quantitative estimate of drug-likeness (QED) is 0.857. The Bertz CT molecular complexity index is 446. The van der Waals surface area contributed by atoms with Crippen molar-refractivity contribution in [3.63, 3.8) is 0 Å². The molecule has 22 heavy (non-hydrogen) atoms. The molecule has 2 unspecified atom stereocenters. The van der Waals surface area contributed by atoms with Gasteiger partial charge in [-0.3, -0.25) is 4.79 Å². The van der Waals surface area contributed by atoms with Crippen molar-refractivity contribution >= 4 is 36.7 Å². The van der Waals surface area contributed by atoms with Crippen LogP contribution in [0.2, 0.25) is 0 Å². The number of nitrogens with zero attached hydrogens (tertiary/aromatic N) is 3. The van der Waals surface area contributed by atoms with Gasteiger partial charge in [0.25, 0.3) is 0 Å². The highest BCUT2D eigenvalue weighted by Gasteiger charge is 2.25. The Morgan fingerprint density at radius 3 is 2.59 bits per heavy atom. The van der Waals surface area contributed by atoms with Gasteiger partial charge in [0.1, 0.15) is 0 Å². The Morgan fingerprint density at radius 1 is 1.36 bits per heavy atom. The average molecular weight is 350 g/mol. The van der Waals surface area contributed by atoms with Crippen LogP contribution in [-0.4, -0.2) is 41.0 Å². The first-order valence-corrected chi connectivity index (χ1v) is 7.16. The largest absolute Gasteiger partial charge is 0.350 e. The third kappa shape index (κ3) is 5.59. The SMILES string of the molecule is CC(C)C(N)C(=O)NC1CCCN(c2ncccn2)C1.Cl.Cl.